The Labute approximate surface area is 185 Å². The second kappa shape index (κ2) is 7.38. The maximum Gasteiger partial charge on any atom is 0.165 e. The number of nitrogens with zero attached hydrogens (tertiary/aromatic N) is 4. The van der Waals surface area contributed by atoms with Crippen LogP contribution in [0.1, 0.15) is 25.3 Å². The van der Waals surface area contributed by atoms with Crippen molar-refractivity contribution in [1.29, 1.82) is 0 Å². The molecule has 3 aromatic rings. The van der Waals surface area contributed by atoms with Gasteiger partial charge in [0.1, 0.15) is 12.1 Å². The normalized spacial score (nSPS) is 23.6. The van der Waals surface area contributed by atoms with E-state index < -0.39 is 0 Å². The zero-order chi connectivity index (χ0) is 21.0. The van der Waals surface area contributed by atoms with Crippen molar-refractivity contribution in [3.05, 3.63) is 46.2 Å². The Balaban J connectivity index is 1.52. The third-order valence-corrected chi connectivity index (χ3v) is 7.70. The van der Waals surface area contributed by atoms with Crippen LogP contribution < -0.4 is 10.6 Å². The molecule has 2 saturated heterocycles. The molecule has 2 aliphatic rings. The molecule has 2 unspecified atom stereocenters. The van der Waals surface area contributed by atoms with E-state index in [-0.39, 0.29) is 17.6 Å². The SMILES string of the molecule is Cc1cc(N2CCC3(CC2)COC(C)C3N)n2ncnc2c1-c1cccc(Cl)c1Cl. The molecule has 2 N–H and O–H groups in total. The molecule has 4 heterocycles. The summed E-state index contributed by atoms with van der Waals surface area (Å²) < 4.78 is 7.78. The van der Waals surface area contributed by atoms with Gasteiger partial charge in [-0.2, -0.15) is 9.61 Å². The second-order valence-electron chi connectivity index (χ2n) is 8.55. The molecule has 2 aliphatic heterocycles. The van der Waals surface area contributed by atoms with Gasteiger partial charge in [-0.3, -0.25) is 0 Å². The van der Waals surface area contributed by atoms with Gasteiger partial charge in [0.05, 0.1) is 22.8 Å². The van der Waals surface area contributed by atoms with Gasteiger partial charge in [0, 0.05) is 35.7 Å². The first-order valence-corrected chi connectivity index (χ1v) is 11.1. The van der Waals surface area contributed by atoms with Gasteiger partial charge in [-0.15, -0.1) is 0 Å². The summed E-state index contributed by atoms with van der Waals surface area (Å²) in [5.41, 5.74) is 10.3. The van der Waals surface area contributed by atoms with Crippen molar-refractivity contribution >= 4 is 34.7 Å². The molecule has 1 aromatic carbocycles. The molecule has 30 heavy (non-hydrogen) atoms. The number of nitrogens with two attached hydrogens (primary N) is 1. The zero-order valence-corrected chi connectivity index (χ0v) is 18.6. The molecule has 0 bridgehead atoms. The summed E-state index contributed by atoms with van der Waals surface area (Å²) in [5, 5.41) is 5.59. The van der Waals surface area contributed by atoms with Gasteiger partial charge in [-0.25, -0.2) is 4.98 Å². The minimum absolute atomic E-state index is 0.0840. The van der Waals surface area contributed by atoms with E-state index in [1.54, 1.807) is 12.4 Å². The maximum absolute atomic E-state index is 6.53. The Morgan fingerprint density at radius 2 is 2.00 bits per heavy atom. The molecule has 2 aromatic heterocycles. The van der Waals surface area contributed by atoms with Crippen LogP contribution in [0.25, 0.3) is 16.8 Å². The minimum Gasteiger partial charge on any atom is -0.376 e. The van der Waals surface area contributed by atoms with Crippen LogP contribution in [-0.4, -0.2) is 46.4 Å². The number of benzene rings is 1. The molecule has 2 atom stereocenters. The predicted molar refractivity (Wildman–Crippen MR) is 120 cm³/mol. The van der Waals surface area contributed by atoms with Crippen molar-refractivity contribution in [2.45, 2.75) is 38.8 Å². The summed E-state index contributed by atoms with van der Waals surface area (Å²) in [4.78, 5) is 6.93. The quantitative estimate of drug-likeness (QED) is 0.634. The number of halogens is 2. The summed E-state index contributed by atoms with van der Waals surface area (Å²) in [6, 6.07) is 7.93. The largest absolute Gasteiger partial charge is 0.376 e. The first kappa shape index (κ1) is 20.1. The highest BCUT2D eigenvalue weighted by Gasteiger charge is 2.47. The van der Waals surface area contributed by atoms with E-state index in [2.05, 4.69) is 34.9 Å². The second-order valence-corrected chi connectivity index (χ2v) is 9.33. The van der Waals surface area contributed by atoms with Crippen molar-refractivity contribution in [3.63, 3.8) is 0 Å². The lowest BCUT2D eigenvalue weighted by atomic mass is 9.73. The highest BCUT2D eigenvalue weighted by atomic mass is 35.5. The third kappa shape index (κ3) is 3.01. The van der Waals surface area contributed by atoms with Crippen LogP contribution in [0.4, 0.5) is 5.82 Å². The lowest BCUT2D eigenvalue weighted by molar-refractivity contribution is 0.0974. The van der Waals surface area contributed by atoms with E-state index >= 15 is 0 Å². The number of aromatic nitrogens is 3. The fourth-order valence-corrected chi connectivity index (χ4v) is 5.39. The molecule has 5 rings (SSSR count). The first-order chi connectivity index (χ1) is 14.4. The van der Waals surface area contributed by atoms with Crippen LogP contribution >= 0.6 is 23.2 Å². The Morgan fingerprint density at radius 1 is 1.23 bits per heavy atom. The number of pyridine rings is 1. The monoisotopic (exact) mass is 445 g/mol. The van der Waals surface area contributed by atoms with Crippen molar-refractivity contribution in [1.82, 2.24) is 14.6 Å². The standard InChI is InChI=1S/C22H25Cl2N5O/c1-13-10-17(28-8-6-22(7-9-28)11-30-14(2)20(22)25)29-21(26-12-27-29)18(13)15-4-3-5-16(23)19(15)24/h3-5,10,12,14,20H,6-9,11,25H2,1-2H3. The summed E-state index contributed by atoms with van der Waals surface area (Å²) in [6.45, 7) is 6.74. The van der Waals surface area contributed by atoms with Crippen molar-refractivity contribution < 1.29 is 4.74 Å². The van der Waals surface area contributed by atoms with Gasteiger partial charge in [-0.1, -0.05) is 35.3 Å². The number of anilines is 1. The number of fused-ring (bicyclic) bond motifs is 1. The van der Waals surface area contributed by atoms with Crippen molar-refractivity contribution in [2.24, 2.45) is 11.1 Å². The molecular formula is C22H25Cl2N5O. The van der Waals surface area contributed by atoms with Gasteiger partial charge < -0.3 is 15.4 Å². The molecule has 0 aliphatic carbocycles. The molecule has 1 spiro atoms. The maximum atomic E-state index is 6.53. The minimum atomic E-state index is 0.0840. The highest BCUT2D eigenvalue weighted by Crippen LogP contribution is 2.43. The average Bonchev–Trinajstić information content (AvgIpc) is 3.32. The van der Waals surface area contributed by atoms with E-state index in [9.17, 15) is 0 Å². The van der Waals surface area contributed by atoms with Crippen LogP contribution in [0.2, 0.25) is 10.0 Å². The van der Waals surface area contributed by atoms with Crippen LogP contribution in [-0.2, 0) is 4.74 Å². The van der Waals surface area contributed by atoms with E-state index in [1.165, 1.54) is 0 Å². The van der Waals surface area contributed by atoms with Crippen LogP contribution in [0.15, 0.2) is 30.6 Å². The molecule has 2 fully saturated rings. The summed E-state index contributed by atoms with van der Waals surface area (Å²) in [6.07, 6.45) is 3.74. The van der Waals surface area contributed by atoms with Gasteiger partial charge in [-0.05, 0) is 44.4 Å². The topological polar surface area (TPSA) is 68.7 Å². The van der Waals surface area contributed by atoms with Gasteiger partial charge in [0.25, 0.3) is 0 Å². The van der Waals surface area contributed by atoms with Gasteiger partial charge >= 0.3 is 0 Å². The Hall–Kier alpha value is -1.86. The molecule has 8 heteroatoms. The highest BCUT2D eigenvalue weighted by molar-refractivity contribution is 6.43. The lowest BCUT2D eigenvalue weighted by Gasteiger charge is -2.42. The summed E-state index contributed by atoms with van der Waals surface area (Å²) in [5.74, 6) is 1.04. The van der Waals surface area contributed by atoms with E-state index in [0.29, 0.717) is 10.0 Å². The molecule has 158 valence electrons. The number of piperidine rings is 1. The first-order valence-electron chi connectivity index (χ1n) is 10.3. The molecule has 0 amide bonds. The number of hydrogen-bond acceptors (Lipinski definition) is 5. The Morgan fingerprint density at radius 3 is 2.70 bits per heavy atom. The molecular weight excluding hydrogens is 421 g/mol. The third-order valence-electron chi connectivity index (χ3n) is 6.88. The number of ether oxygens (including phenoxy) is 1. The lowest BCUT2D eigenvalue weighted by Crippen LogP contribution is -2.51. The number of aryl methyl sites for hydroxylation is 1. The molecule has 6 nitrogen and oxygen atoms in total. The zero-order valence-electron chi connectivity index (χ0n) is 17.1. The van der Waals surface area contributed by atoms with Gasteiger partial charge in [0.2, 0.25) is 0 Å². The summed E-state index contributed by atoms with van der Waals surface area (Å²) >= 11 is 12.8. The summed E-state index contributed by atoms with van der Waals surface area (Å²) in [7, 11) is 0. The molecule has 0 saturated carbocycles. The Bertz CT molecular complexity index is 1110. The van der Waals surface area contributed by atoms with Crippen molar-refractivity contribution in [3.8, 4) is 11.1 Å². The van der Waals surface area contributed by atoms with Gasteiger partial charge in [0.15, 0.2) is 5.65 Å². The fraction of sp³-hybridized carbons (Fsp3) is 0.455. The van der Waals surface area contributed by atoms with E-state index in [1.807, 2.05) is 16.6 Å². The predicted octanol–water partition coefficient (Wildman–Crippen LogP) is 4.34. The van der Waals surface area contributed by atoms with Crippen LogP contribution in [0, 0.1) is 12.3 Å². The van der Waals surface area contributed by atoms with E-state index in [0.717, 1.165) is 60.7 Å². The fourth-order valence-electron chi connectivity index (χ4n) is 4.99. The van der Waals surface area contributed by atoms with Crippen molar-refractivity contribution in [2.75, 3.05) is 24.6 Å². The number of rotatable bonds is 2. The average molecular weight is 446 g/mol. The number of hydrogen-bond donors (Lipinski definition) is 1. The van der Waals surface area contributed by atoms with Crippen LogP contribution in [0.3, 0.4) is 0 Å². The molecule has 0 radical (unpaired) electrons. The van der Waals surface area contributed by atoms with E-state index in [4.69, 9.17) is 33.7 Å². The van der Waals surface area contributed by atoms with Crippen LogP contribution in [0.5, 0.6) is 0 Å². The Kier molecular flexibility index (Phi) is 4.93. The smallest absolute Gasteiger partial charge is 0.165 e.